The summed E-state index contributed by atoms with van der Waals surface area (Å²) in [4.78, 5) is 20.7. The van der Waals surface area contributed by atoms with Crippen LogP contribution in [0.5, 0.6) is 5.75 Å². The molecule has 29 heavy (non-hydrogen) atoms. The summed E-state index contributed by atoms with van der Waals surface area (Å²) in [6.07, 6.45) is 1.11. The van der Waals surface area contributed by atoms with Gasteiger partial charge in [-0.1, -0.05) is 26.8 Å². The lowest BCUT2D eigenvalue weighted by Crippen LogP contribution is -2.34. The molecule has 0 heterocycles. The first-order valence-electron chi connectivity index (χ1n) is 8.94. The van der Waals surface area contributed by atoms with Gasteiger partial charge in [-0.2, -0.15) is 5.10 Å². The fourth-order valence-corrected chi connectivity index (χ4v) is 2.63. The molecule has 2 aromatic rings. The first kappa shape index (κ1) is 21.8. The maximum absolute atomic E-state index is 11.2. The van der Waals surface area contributed by atoms with Crippen molar-refractivity contribution in [2.24, 2.45) is 10.5 Å². The van der Waals surface area contributed by atoms with Gasteiger partial charge in [-0.05, 0) is 43.2 Å². The fraction of sp³-hybridized carbons (Fsp3) is 0.350. The highest BCUT2D eigenvalue weighted by Gasteiger charge is 2.26. The van der Waals surface area contributed by atoms with Gasteiger partial charge in [0.25, 0.3) is 5.69 Å². The Morgan fingerprint density at radius 1 is 1.03 bits per heavy atom. The molecule has 1 unspecified atom stereocenters. The minimum Gasteiger partial charge on any atom is -0.484 e. The van der Waals surface area contributed by atoms with Crippen LogP contribution in [0.25, 0.3) is 0 Å². The predicted octanol–water partition coefficient (Wildman–Crippen LogP) is 5.01. The van der Waals surface area contributed by atoms with Gasteiger partial charge >= 0.3 is 5.69 Å². The molecule has 0 bridgehead atoms. The normalized spacial score (nSPS) is 12.6. The number of hydrogen-bond donors (Lipinski definition) is 1. The molecule has 0 fully saturated rings. The summed E-state index contributed by atoms with van der Waals surface area (Å²) in [7, 11) is 0. The van der Waals surface area contributed by atoms with Crippen molar-refractivity contribution >= 4 is 23.3 Å². The second-order valence-electron chi connectivity index (χ2n) is 7.83. The summed E-state index contributed by atoms with van der Waals surface area (Å²) in [5.74, 6) is 0.704. The average Bonchev–Trinajstić information content (AvgIpc) is 2.59. The Morgan fingerprint density at radius 2 is 1.66 bits per heavy atom. The number of nitro benzene ring substituents is 2. The molecule has 0 amide bonds. The number of hydrazone groups is 1. The molecule has 2 rings (SSSR count). The zero-order valence-electron chi connectivity index (χ0n) is 17.0. The lowest BCUT2D eigenvalue weighted by Gasteiger charge is -2.28. The predicted molar refractivity (Wildman–Crippen MR) is 112 cm³/mol. The van der Waals surface area contributed by atoms with Crippen molar-refractivity contribution in [1.29, 1.82) is 0 Å². The zero-order chi connectivity index (χ0) is 21.8. The van der Waals surface area contributed by atoms with E-state index in [0.717, 1.165) is 17.2 Å². The van der Waals surface area contributed by atoms with Gasteiger partial charge in [-0.15, -0.1) is 0 Å². The lowest BCUT2D eigenvalue weighted by molar-refractivity contribution is -0.393. The van der Waals surface area contributed by atoms with Crippen LogP contribution in [0.15, 0.2) is 41.5 Å². The van der Waals surface area contributed by atoms with Crippen LogP contribution in [0.2, 0.25) is 0 Å². The summed E-state index contributed by atoms with van der Waals surface area (Å²) in [5.41, 5.74) is 3.70. The van der Waals surface area contributed by atoms with Gasteiger partial charge in [0.15, 0.2) is 0 Å². The molecule has 1 N–H and O–H groups in total. The molecule has 1 atom stereocenters. The topological polar surface area (TPSA) is 120 Å². The summed E-state index contributed by atoms with van der Waals surface area (Å²) < 4.78 is 6.09. The molecule has 0 radical (unpaired) electrons. The van der Waals surface area contributed by atoms with Crippen molar-refractivity contribution in [3.05, 3.63) is 67.8 Å². The molecule has 0 saturated carbocycles. The van der Waals surface area contributed by atoms with Crippen molar-refractivity contribution in [1.82, 2.24) is 0 Å². The number of anilines is 1. The number of aryl methyl sites for hydroxylation is 2. The average molecular weight is 400 g/mol. The minimum absolute atomic E-state index is 0.0518. The summed E-state index contributed by atoms with van der Waals surface area (Å²) >= 11 is 0. The molecule has 154 valence electrons. The molecule has 0 aliphatic rings. The third-order valence-corrected chi connectivity index (χ3v) is 4.10. The second-order valence-corrected chi connectivity index (χ2v) is 7.83. The molecule has 0 spiro atoms. The number of hydrogen-bond acceptors (Lipinski definition) is 7. The lowest BCUT2D eigenvalue weighted by atomic mass is 9.89. The van der Waals surface area contributed by atoms with Crippen LogP contribution in [0.4, 0.5) is 17.1 Å². The van der Waals surface area contributed by atoms with Gasteiger partial charge in [-0.3, -0.25) is 25.7 Å². The number of nitrogens with zero attached hydrogens (tertiary/aromatic N) is 3. The van der Waals surface area contributed by atoms with E-state index in [4.69, 9.17) is 4.74 Å². The highest BCUT2D eigenvalue weighted by atomic mass is 16.6. The van der Waals surface area contributed by atoms with E-state index in [9.17, 15) is 20.2 Å². The Morgan fingerprint density at radius 3 is 2.17 bits per heavy atom. The second kappa shape index (κ2) is 8.68. The summed E-state index contributed by atoms with van der Waals surface area (Å²) in [5, 5.41) is 26.2. The first-order valence-corrected chi connectivity index (χ1v) is 8.94. The van der Waals surface area contributed by atoms with E-state index >= 15 is 0 Å². The maximum atomic E-state index is 11.2. The van der Waals surface area contributed by atoms with Crippen LogP contribution in [0, 0.1) is 39.5 Å². The van der Waals surface area contributed by atoms with Crippen LogP contribution in [-0.2, 0) is 0 Å². The van der Waals surface area contributed by atoms with E-state index < -0.39 is 21.6 Å². The van der Waals surface area contributed by atoms with Crippen molar-refractivity contribution in [2.75, 3.05) is 5.43 Å². The Bertz CT molecular complexity index is 930. The van der Waals surface area contributed by atoms with E-state index in [1.807, 2.05) is 52.8 Å². The van der Waals surface area contributed by atoms with Crippen molar-refractivity contribution in [3.8, 4) is 5.75 Å². The number of non-ortho nitro benzene ring substituents is 1. The molecular weight excluding hydrogens is 376 g/mol. The van der Waals surface area contributed by atoms with Crippen molar-refractivity contribution in [2.45, 2.75) is 40.7 Å². The van der Waals surface area contributed by atoms with E-state index in [1.54, 1.807) is 0 Å². The highest BCUT2D eigenvalue weighted by Crippen LogP contribution is 2.29. The molecule has 0 aliphatic carbocycles. The Hall–Kier alpha value is -3.49. The number of benzene rings is 2. The molecule has 9 heteroatoms. The maximum Gasteiger partial charge on any atom is 0.301 e. The van der Waals surface area contributed by atoms with Gasteiger partial charge in [0.05, 0.1) is 22.1 Å². The van der Waals surface area contributed by atoms with Gasteiger partial charge in [-0.25, -0.2) is 0 Å². The largest absolute Gasteiger partial charge is 0.484 e. The fourth-order valence-electron chi connectivity index (χ4n) is 2.63. The Kier molecular flexibility index (Phi) is 6.53. The highest BCUT2D eigenvalue weighted by molar-refractivity contribution is 5.70. The summed E-state index contributed by atoms with van der Waals surface area (Å²) in [6.45, 7) is 9.92. The van der Waals surface area contributed by atoms with E-state index in [1.165, 1.54) is 18.3 Å². The van der Waals surface area contributed by atoms with Crippen LogP contribution in [-0.4, -0.2) is 22.2 Å². The molecule has 0 aromatic heterocycles. The van der Waals surface area contributed by atoms with E-state index in [0.29, 0.717) is 5.75 Å². The third kappa shape index (κ3) is 6.00. The Balaban J connectivity index is 2.24. The quantitative estimate of drug-likeness (QED) is 0.396. The number of nitrogens with one attached hydrogen (secondary N) is 1. The smallest absolute Gasteiger partial charge is 0.301 e. The summed E-state index contributed by atoms with van der Waals surface area (Å²) in [6, 6.07) is 9.22. The zero-order valence-corrected chi connectivity index (χ0v) is 17.0. The van der Waals surface area contributed by atoms with Crippen LogP contribution >= 0.6 is 0 Å². The Labute approximate surface area is 168 Å². The molecule has 9 nitrogen and oxygen atoms in total. The van der Waals surface area contributed by atoms with Crippen molar-refractivity contribution < 1.29 is 14.6 Å². The molecular formula is C20H24N4O5. The molecule has 0 aliphatic heterocycles. The van der Waals surface area contributed by atoms with E-state index in [2.05, 4.69) is 10.5 Å². The van der Waals surface area contributed by atoms with Gasteiger partial charge in [0, 0.05) is 11.5 Å². The third-order valence-electron chi connectivity index (χ3n) is 4.10. The number of ether oxygens (including phenoxy) is 1. The van der Waals surface area contributed by atoms with Gasteiger partial charge in [0.2, 0.25) is 0 Å². The standard InChI is InChI=1S/C20H24N4O5/c1-13-8-14(2)10-16(9-13)29-19(20(3,4)5)12-21-22-17-7-6-15(23(25)26)11-18(17)24(27)28/h6-12,19,22H,1-5H3. The van der Waals surface area contributed by atoms with E-state index in [-0.39, 0.29) is 16.8 Å². The molecule has 2 aromatic carbocycles. The number of rotatable bonds is 7. The SMILES string of the molecule is Cc1cc(C)cc(OC(C=NNc2ccc([N+](=O)[O-])cc2[N+](=O)[O-])C(C)(C)C)c1. The van der Waals surface area contributed by atoms with Crippen molar-refractivity contribution in [3.63, 3.8) is 0 Å². The number of nitro groups is 2. The molecule has 0 saturated heterocycles. The van der Waals surface area contributed by atoms with Crippen LogP contribution in [0.1, 0.15) is 31.9 Å². The van der Waals surface area contributed by atoms with Gasteiger partial charge in [0.1, 0.15) is 17.5 Å². The van der Waals surface area contributed by atoms with Crippen LogP contribution in [0.3, 0.4) is 0 Å². The minimum atomic E-state index is -0.696. The monoisotopic (exact) mass is 400 g/mol. The van der Waals surface area contributed by atoms with Gasteiger partial charge < -0.3 is 4.74 Å². The first-order chi connectivity index (χ1) is 13.5. The van der Waals surface area contributed by atoms with Crippen LogP contribution < -0.4 is 10.2 Å².